The quantitative estimate of drug-likeness (QED) is 0.525. The third kappa shape index (κ3) is 3.08. The van der Waals surface area contributed by atoms with Gasteiger partial charge in [0.2, 0.25) is 11.6 Å². The van der Waals surface area contributed by atoms with Gasteiger partial charge in [-0.3, -0.25) is 0 Å². The second kappa shape index (κ2) is 6.70. The van der Waals surface area contributed by atoms with Gasteiger partial charge in [-0.25, -0.2) is 14.6 Å². The van der Waals surface area contributed by atoms with Gasteiger partial charge >= 0.3 is 13.1 Å². The number of rotatable bonds is 4. The number of carbonyl (C=O) groups excluding carboxylic acids is 1. The number of hydrogen-bond donors (Lipinski definition) is 1. The van der Waals surface area contributed by atoms with Crippen molar-refractivity contribution in [3.05, 3.63) is 53.0 Å². The highest BCUT2D eigenvalue weighted by molar-refractivity contribution is 6.61. The molecule has 2 heterocycles. The summed E-state index contributed by atoms with van der Waals surface area (Å²) in [6.45, 7) is 9.27. The molecule has 0 bridgehead atoms. The van der Waals surface area contributed by atoms with E-state index in [0.29, 0.717) is 17.8 Å². The Balaban J connectivity index is 1.87. The van der Waals surface area contributed by atoms with Crippen LogP contribution in [0.3, 0.4) is 0 Å². The van der Waals surface area contributed by atoms with Gasteiger partial charge in [0.1, 0.15) is 5.75 Å². The molecule has 1 aromatic heterocycles. The van der Waals surface area contributed by atoms with Gasteiger partial charge in [0.25, 0.3) is 0 Å². The van der Waals surface area contributed by atoms with Crippen LogP contribution < -0.4 is 10.2 Å². The van der Waals surface area contributed by atoms with Crippen molar-refractivity contribution in [3.8, 4) is 11.6 Å². The largest absolute Gasteiger partial charge is 0.491 e. The van der Waals surface area contributed by atoms with Gasteiger partial charge in [0.05, 0.1) is 19.8 Å². The number of nitrogens with zero attached hydrogens (tertiary/aromatic N) is 2. The molecule has 0 atom stereocenters. The molecule has 2 aromatic rings. The van der Waals surface area contributed by atoms with E-state index in [2.05, 4.69) is 9.83 Å². The minimum atomic E-state index is -0.916. The fraction of sp³-hybridized carbons (Fsp3) is 0.188. The SMILES string of the molecule is [C-]#[N+]c1ccc(Oc2ccc3c(c2)COB3O)nc1C(=O)OCC. The van der Waals surface area contributed by atoms with Crippen LogP contribution in [0, 0.1) is 6.57 Å². The highest BCUT2D eigenvalue weighted by Crippen LogP contribution is 2.26. The molecule has 0 spiro atoms. The smallest absolute Gasteiger partial charge is 0.462 e. The number of aromatic nitrogens is 1. The zero-order valence-electron chi connectivity index (χ0n) is 12.9. The van der Waals surface area contributed by atoms with Gasteiger partial charge in [0.15, 0.2) is 5.69 Å². The van der Waals surface area contributed by atoms with Crippen LogP contribution in [-0.2, 0) is 16.0 Å². The molecule has 120 valence electrons. The second-order valence-corrected chi connectivity index (χ2v) is 4.98. The van der Waals surface area contributed by atoms with E-state index in [1.54, 1.807) is 25.1 Å². The van der Waals surface area contributed by atoms with Gasteiger partial charge in [0, 0.05) is 0 Å². The average molecular weight is 324 g/mol. The minimum absolute atomic E-state index is 0.0794. The molecule has 0 aliphatic carbocycles. The maximum Gasteiger partial charge on any atom is 0.491 e. The number of carbonyl (C=O) groups is 1. The van der Waals surface area contributed by atoms with Crippen molar-refractivity contribution in [2.45, 2.75) is 13.5 Å². The van der Waals surface area contributed by atoms with E-state index in [0.717, 1.165) is 5.56 Å². The Morgan fingerprint density at radius 2 is 2.29 bits per heavy atom. The van der Waals surface area contributed by atoms with Crippen molar-refractivity contribution in [1.29, 1.82) is 0 Å². The van der Waals surface area contributed by atoms with Crippen LogP contribution in [0.25, 0.3) is 4.85 Å². The van der Waals surface area contributed by atoms with Crippen LogP contribution in [0.1, 0.15) is 23.0 Å². The van der Waals surface area contributed by atoms with E-state index < -0.39 is 13.1 Å². The summed E-state index contributed by atoms with van der Waals surface area (Å²) in [4.78, 5) is 19.2. The maximum atomic E-state index is 11.9. The maximum absolute atomic E-state index is 11.9. The number of benzene rings is 1. The summed E-state index contributed by atoms with van der Waals surface area (Å²) in [5.41, 5.74) is 1.55. The Bertz CT molecular complexity index is 834. The molecule has 7 nitrogen and oxygen atoms in total. The van der Waals surface area contributed by atoms with E-state index in [1.807, 2.05) is 0 Å². The molecule has 24 heavy (non-hydrogen) atoms. The lowest BCUT2D eigenvalue weighted by molar-refractivity contribution is 0.0520. The highest BCUT2D eigenvalue weighted by atomic mass is 16.5. The Kier molecular flexibility index (Phi) is 4.47. The van der Waals surface area contributed by atoms with Crippen LogP contribution in [0.15, 0.2) is 30.3 Å². The predicted molar refractivity (Wildman–Crippen MR) is 85.4 cm³/mol. The van der Waals surface area contributed by atoms with Crippen LogP contribution in [0.5, 0.6) is 11.6 Å². The van der Waals surface area contributed by atoms with Gasteiger partial charge in [-0.05, 0) is 42.2 Å². The van der Waals surface area contributed by atoms with E-state index >= 15 is 0 Å². The van der Waals surface area contributed by atoms with Gasteiger partial charge in [-0.1, -0.05) is 6.07 Å². The summed E-state index contributed by atoms with van der Waals surface area (Å²) in [6, 6.07) is 8.09. The molecule has 3 rings (SSSR count). The first-order valence-corrected chi connectivity index (χ1v) is 7.28. The van der Waals surface area contributed by atoms with Crippen molar-refractivity contribution in [3.63, 3.8) is 0 Å². The van der Waals surface area contributed by atoms with Gasteiger partial charge < -0.3 is 19.2 Å². The summed E-state index contributed by atoms with van der Waals surface area (Å²) in [6.07, 6.45) is 0. The molecule has 1 aromatic carbocycles. The molecule has 8 heteroatoms. The monoisotopic (exact) mass is 324 g/mol. The van der Waals surface area contributed by atoms with Gasteiger partial charge in [-0.15, -0.1) is 0 Å². The second-order valence-electron chi connectivity index (χ2n) is 4.98. The fourth-order valence-electron chi connectivity index (χ4n) is 2.32. The molecule has 1 N–H and O–H groups in total. The molecule has 0 unspecified atom stereocenters. The molecule has 0 radical (unpaired) electrons. The van der Waals surface area contributed by atoms with E-state index in [-0.39, 0.29) is 23.9 Å². The van der Waals surface area contributed by atoms with Crippen LogP contribution in [0.4, 0.5) is 5.69 Å². The lowest BCUT2D eigenvalue weighted by Gasteiger charge is -2.09. The number of ether oxygens (including phenoxy) is 2. The first-order chi connectivity index (χ1) is 11.6. The molecule has 0 saturated carbocycles. The predicted octanol–water partition coefficient (Wildman–Crippen LogP) is 1.82. The number of hydrogen-bond acceptors (Lipinski definition) is 6. The van der Waals surface area contributed by atoms with Crippen LogP contribution >= 0.6 is 0 Å². The molecular weight excluding hydrogens is 311 g/mol. The first kappa shape index (κ1) is 16.0. The summed E-state index contributed by atoms with van der Waals surface area (Å²) in [7, 11) is -0.916. The van der Waals surface area contributed by atoms with Crippen molar-refractivity contribution >= 4 is 24.2 Å². The molecule has 0 amide bonds. The van der Waals surface area contributed by atoms with Crippen LogP contribution in [-0.4, -0.2) is 29.7 Å². The summed E-state index contributed by atoms with van der Waals surface area (Å²) in [5, 5.41) is 9.61. The Hall–Kier alpha value is -2.89. The minimum Gasteiger partial charge on any atom is -0.462 e. The molecule has 1 aliphatic rings. The topological polar surface area (TPSA) is 82.2 Å². The van der Waals surface area contributed by atoms with Crippen molar-refractivity contribution in [1.82, 2.24) is 4.98 Å². The Morgan fingerprint density at radius 3 is 3.04 bits per heavy atom. The summed E-state index contributed by atoms with van der Waals surface area (Å²) < 4.78 is 15.7. The lowest BCUT2D eigenvalue weighted by Crippen LogP contribution is -2.27. The fourth-order valence-corrected chi connectivity index (χ4v) is 2.32. The third-order valence-corrected chi connectivity index (χ3v) is 3.44. The van der Waals surface area contributed by atoms with Crippen LogP contribution in [0.2, 0.25) is 0 Å². The van der Waals surface area contributed by atoms with E-state index in [9.17, 15) is 9.82 Å². The summed E-state index contributed by atoms with van der Waals surface area (Å²) >= 11 is 0. The molecular formula is C16H13BN2O5. The Labute approximate surface area is 138 Å². The van der Waals surface area contributed by atoms with E-state index in [4.69, 9.17) is 20.7 Å². The van der Waals surface area contributed by atoms with Crippen molar-refractivity contribution < 1.29 is 23.9 Å². The molecule has 0 fully saturated rings. The standard InChI is InChI=1S/C16H13BN2O5/c1-3-22-16(20)15-13(18-2)6-7-14(19-15)24-11-4-5-12-10(8-11)9-23-17(12)21/h4-8,21H,3,9H2,1H3. The average Bonchev–Trinajstić information content (AvgIpc) is 2.95. The zero-order chi connectivity index (χ0) is 17.1. The van der Waals surface area contributed by atoms with Crippen molar-refractivity contribution in [2.24, 2.45) is 0 Å². The number of esters is 1. The zero-order valence-corrected chi connectivity index (χ0v) is 12.9. The first-order valence-electron chi connectivity index (χ1n) is 7.28. The third-order valence-electron chi connectivity index (χ3n) is 3.44. The normalized spacial score (nSPS) is 12.5. The number of fused-ring (bicyclic) bond motifs is 1. The number of pyridine rings is 1. The highest BCUT2D eigenvalue weighted by Gasteiger charge is 2.27. The Morgan fingerprint density at radius 1 is 1.46 bits per heavy atom. The molecule has 0 saturated heterocycles. The van der Waals surface area contributed by atoms with Gasteiger partial charge in [-0.2, -0.15) is 0 Å². The van der Waals surface area contributed by atoms with E-state index in [1.165, 1.54) is 12.1 Å². The molecule has 1 aliphatic heterocycles. The lowest BCUT2D eigenvalue weighted by atomic mass is 9.80. The van der Waals surface area contributed by atoms with Crippen molar-refractivity contribution in [2.75, 3.05) is 6.61 Å². The summed E-state index contributed by atoms with van der Waals surface area (Å²) in [5.74, 6) is -0.00591.